The normalized spacial score (nSPS) is 12.1. The molecule has 2 aromatic carbocycles. The smallest absolute Gasteiger partial charge is 0.281 e. The Morgan fingerprint density at radius 2 is 2.00 bits per heavy atom. The molecule has 1 amide bonds. The summed E-state index contributed by atoms with van der Waals surface area (Å²) in [4.78, 5) is 17.6. The number of carbonyl (C=O) groups is 1. The SMILES string of the molecule is CCCn1c(=NC(=O)c2cc(Cl)ccc2Cl)sc2cc(C)ccc21. The van der Waals surface area contributed by atoms with Crippen LogP contribution in [0.15, 0.2) is 41.4 Å². The predicted octanol–water partition coefficient (Wildman–Crippen LogP) is 5.47. The van der Waals surface area contributed by atoms with Crippen molar-refractivity contribution in [3.8, 4) is 0 Å². The van der Waals surface area contributed by atoms with Crippen molar-refractivity contribution in [1.82, 2.24) is 4.57 Å². The summed E-state index contributed by atoms with van der Waals surface area (Å²) < 4.78 is 3.20. The molecular formula is C18H16Cl2N2OS. The third-order valence-electron chi connectivity index (χ3n) is 3.64. The van der Waals surface area contributed by atoms with Crippen molar-refractivity contribution in [2.24, 2.45) is 4.99 Å². The Morgan fingerprint density at radius 1 is 1.21 bits per heavy atom. The van der Waals surface area contributed by atoms with Crippen LogP contribution in [0.3, 0.4) is 0 Å². The molecule has 3 aromatic rings. The molecule has 1 heterocycles. The van der Waals surface area contributed by atoms with Gasteiger partial charge < -0.3 is 4.57 Å². The molecule has 0 atom stereocenters. The molecule has 0 spiro atoms. The largest absolute Gasteiger partial charge is 0.316 e. The van der Waals surface area contributed by atoms with E-state index in [2.05, 4.69) is 41.6 Å². The van der Waals surface area contributed by atoms with Crippen molar-refractivity contribution in [3.05, 3.63) is 62.4 Å². The molecule has 0 aliphatic carbocycles. The molecule has 0 unspecified atom stereocenters. The molecular weight excluding hydrogens is 363 g/mol. The van der Waals surface area contributed by atoms with Gasteiger partial charge >= 0.3 is 0 Å². The van der Waals surface area contributed by atoms with Crippen LogP contribution < -0.4 is 4.80 Å². The Kier molecular flexibility index (Phi) is 5.09. The van der Waals surface area contributed by atoms with Gasteiger partial charge in [-0.25, -0.2) is 0 Å². The summed E-state index contributed by atoms with van der Waals surface area (Å²) in [6.07, 6.45) is 0.957. The highest BCUT2D eigenvalue weighted by Gasteiger charge is 2.12. The number of amides is 1. The van der Waals surface area contributed by atoms with Crippen LogP contribution in [0.4, 0.5) is 0 Å². The van der Waals surface area contributed by atoms with Gasteiger partial charge in [-0.05, 0) is 49.2 Å². The Balaban J connectivity index is 2.16. The summed E-state index contributed by atoms with van der Waals surface area (Å²) >= 11 is 13.6. The van der Waals surface area contributed by atoms with Crippen LogP contribution in [-0.2, 0) is 6.54 Å². The fourth-order valence-corrected chi connectivity index (χ4v) is 4.04. The summed E-state index contributed by atoms with van der Waals surface area (Å²) in [7, 11) is 0. The maximum Gasteiger partial charge on any atom is 0.281 e. The molecule has 0 saturated heterocycles. The first-order valence-electron chi connectivity index (χ1n) is 7.63. The second-order valence-electron chi connectivity index (χ2n) is 5.55. The van der Waals surface area contributed by atoms with Crippen LogP contribution in [0, 0.1) is 6.92 Å². The molecule has 0 N–H and O–H groups in total. The van der Waals surface area contributed by atoms with E-state index in [0.717, 1.165) is 23.2 Å². The van der Waals surface area contributed by atoms with Gasteiger partial charge in [0, 0.05) is 11.6 Å². The average molecular weight is 379 g/mol. The lowest BCUT2D eigenvalue weighted by Gasteiger charge is -2.03. The fraction of sp³-hybridized carbons (Fsp3) is 0.222. The van der Waals surface area contributed by atoms with E-state index in [1.54, 1.807) is 18.2 Å². The number of aryl methyl sites for hydroxylation is 2. The highest BCUT2D eigenvalue weighted by atomic mass is 35.5. The Morgan fingerprint density at radius 3 is 2.75 bits per heavy atom. The monoisotopic (exact) mass is 378 g/mol. The van der Waals surface area contributed by atoms with E-state index in [0.29, 0.717) is 20.4 Å². The molecule has 0 saturated carbocycles. The van der Waals surface area contributed by atoms with E-state index in [4.69, 9.17) is 23.2 Å². The minimum absolute atomic E-state index is 0.320. The minimum Gasteiger partial charge on any atom is -0.316 e. The van der Waals surface area contributed by atoms with E-state index >= 15 is 0 Å². The number of rotatable bonds is 3. The number of hydrogen-bond donors (Lipinski definition) is 0. The standard InChI is InChI=1S/C18H16Cl2N2OS/c1-3-8-22-15-7-4-11(2)9-16(15)24-18(22)21-17(23)13-10-12(19)5-6-14(13)20/h4-7,9-10H,3,8H2,1-2H3. The zero-order chi connectivity index (χ0) is 17.3. The van der Waals surface area contributed by atoms with E-state index in [1.807, 2.05) is 0 Å². The molecule has 24 heavy (non-hydrogen) atoms. The number of carbonyl (C=O) groups excluding carboxylic acids is 1. The molecule has 6 heteroatoms. The number of fused-ring (bicyclic) bond motifs is 1. The van der Waals surface area contributed by atoms with Gasteiger partial charge in [0.25, 0.3) is 5.91 Å². The van der Waals surface area contributed by atoms with Crippen LogP contribution in [0.5, 0.6) is 0 Å². The highest BCUT2D eigenvalue weighted by Crippen LogP contribution is 2.22. The number of halogens is 2. The van der Waals surface area contributed by atoms with Gasteiger partial charge in [-0.2, -0.15) is 4.99 Å². The van der Waals surface area contributed by atoms with Gasteiger partial charge in [0.2, 0.25) is 0 Å². The van der Waals surface area contributed by atoms with Crippen molar-refractivity contribution in [2.45, 2.75) is 26.8 Å². The lowest BCUT2D eigenvalue weighted by atomic mass is 10.2. The van der Waals surface area contributed by atoms with Gasteiger partial charge in [-0.3, -0.25) is 4.79 Å². The Bertz CT molecular complexity index is 988. The minimum atomic E-state index is -0.379. The molecule has 0 fully saturated rings. The van der Waals surface area contributed by atoms with Crippen LogP contribution >= 0.6 is 34.5 Å². The van der Waals surface area contributed by atoms with E-state index in [-0.39, 0.29) is 5.91 Å². The van der Waals surface area contributed by atoms with E-state index in [9.17, 15) is 4.79 Å². The number of thiazole rings is 1. The van der Waals surface area contributed by atoms with Crippen molar-refractivity contribution in [2.75, 3.05) is 0 Å². The number of aromatic nitrogens is 1. The van der Waals surface area contributed by atoms with Crippen molar-refractivity contribution >= 4 is 50.7 Å². The van der Waals surface area contributed by atoms with Crippen LogP contribution in [0.25, 0.3) is 10.2 Å². The second-order valence-corrected chi connectivity index (χ2v) is 7.40. The fourth-order valence-electron chi connectivity index (χ4n) is 2.51. The van der Waals surface area contributed by atoms with E-state index < -0.39 is 0 Å². The lowest BCUT2D eigenvalue weighted by molar-refractivity contribution is 0.0998. The average Bonchev–Trinajstić information content (AvgIpc) is 2.86. The Labute approximate surface area is 154 Å². The summed E-state index contributed by atoms with van der Waals surface area (Å²) in [6.45, 7) is 4.96. The molecule has 0 aliphatic rings. The molecule has 3 nitrogen and oxygen atoms in total. The summed E-state index contributed by atoms with van der Waals surface area (Å²) in [5.74, 6) is -0.379. The van der Waals surface area contributed by atoms with Crippen molar-refractivity contribution in [1.29, 1.82) is 0 Å². The van der Waals surface area contributed by atoms with Crippen LogP contribution in [0.2, 0.25) is 10.0 Å². The third kappa shape index (κ3) is 3.41. The second kappa shape index (κ2) is 7.09. The first kappa shape index (κ1) is 17.2. The Hall–Kier alpha value is -1.62. The molecule has 0 bridgehead atoms. The number of hydrogen-bond acceptors (Lipinski definition) is 2. The first-order valence-corrected chi connectivity index (χ1v) is 9.21. The number of nitrogens with zero attached hydrogens (tertiary/aromatic N) is 2. The molecule has 0 aliphatic heterocycles. The lowest BCUT2D eigenvalue weighted by Crippen LogP contribution is -2.17. The van der Waals surface area contributed by atoms with Crippen LogP contribution in [-0.4, -0.2) is 10.5 Å². The molecule has 124 valence electrons. The van der Waals surface area contributed by atoms with Gasteiger partial charge in [0.15, 0.2) is 4.80 Å². The van der Waals surface area contributed by atoms with Gasteiger partial charge in [-0.1, -0.05) is 47.5 Å². The maximum absolute atomic E-state index is 12.6. The first-order chi connectivity index (χ1) is 11.5. The molecule has 3 rings (SSSR count). The van der Waals surface area contributed by atoms with Crippen LogP contribution in [0.1, 0.15) is 29.3 Å². The van der Waals surface area contributed by atoms with Crippen molar-refractivity contribution < 1.29 is 4.79 Å². The predicted molar refractivity (Wildman–Crippen MR) is 101 cm³/mol. The number of benzene rings is 2. The quantitative estimate of drug-likeness (QED) is 0.594. The summed E-state index contributed by atoms with van der Waals surface area (Å²) in [5, 5.41) is 0.818. The van der Waals surface area contributed by atoms with Crippen molar-refractivity contribution in [3.63, 3.8) is 0 Å². The zero-order valence-electron chi connectivity index (χ0n) is 13.3. The topological polar surface area (TPSA) is 34.4 Å². The highest BCUT2D eigenvalue weighted by molar-refractivity contribution is 7.16. The maximum atomic E-state index is 12.6. The van der Waals surface area contributed by atoms with Gasteiger partial charge in [-0.15, -0.1) is 0 Å². The summed E-state index contributed by atoms with van der Waals surface area (Å²) in [5.41, 5.74) is 2.60. The third-order valence-corrected chi connectivity index (χ3v) is 5.25. The molecule has 0 radical (unpaired) electrons. The zero-order valence-corrected chi connectivity index (χ0v) is 15.7. The van der Waals surface area contributed by atoms with Gasteiger partial charge in [0.05, 0.1) is 20.8 Å². The summed E-state index contributed by atoms with van der Waals surface area (Å²) in [6, 6.07) is 11.1. The van der Waals surface area contributed by atoms with Gasteiger partial charge in [0.1, 0.15) is 0 Å². The van der Waals surface area contributed by atoms with E-state index in [1.165, 1.54) is 16.9 Å². The molecule has 1 aromatic heterocycles.